The van der Waals surface area contributed by atoms with Gasteiger partial charge in [-0.1, -0.05) is 12.1 Å². The number of hydrazine groups is 1. The molecule has 0 saturated carbocycles. The molecule has 21 heavy (non-hydrogen) atoms. The highest BCUT2D eigenvalue weighted by molar-refractivity contribution is 5.22. The van der Waals surface area contributed by atoms with E-state index in [9.17, 15) is 17.6 Å². The van der Waals surface area contributed by atoms with Crippen molar-refractivity contribution in [1.82, 2.24) is 5.43 Å². The van der Waals surface area contributed by atoms with Gasteiger partial charge in [-0.25, -0.2) is 17.6 Å². The molecule has 2 rings (SSSR count). The molecule has 1 atom stereocenters. The zero-order valence-electron chi connectivity index (χ0n) is 11.0. The molecule has 0 fully saturated rings. The molecule has 0 radical (unpaired) electrons. The van der Waals surface area contributed by atoms with Gasteiger partial charge in [0, 0.05) is 12.1 Å². The normalized spacial score (nSPS) is 12.4. The van der Waals surface area contributed by atoms with Crippen molar-refractivity contribution in [2.45, 2.75) is 18.9 Å². The Morgan fingerprint density at radius 1 is 0.857 bits per heavy atom. The van der Waals surface area contributed by atoms with Gasteiger partial charge in [0.1, 0.15) is 11.6 Å². The van der Waals surface area contributed by atoms with Crippen molar-refractivity contribution >= 4 is 0 Å². The molecule has 0 aliphatic rings. The molecule has 1 unspecified atom stereocenters. The van der Waals surface area contributed by atoms with Gasteiger partial charge in [-0.2, -0.15) is 0 Å². The Morgan fingerprint density at radius 2 is 1.62 bits per heavy atom. The van der Waals surface area contributed by atoms with E-state index in [1.165, 1.54) is 12.1 Å². The molecule has 0 aliphatic carbocycles. The monoisotopic (exact) mass is 298 g/mol. The zero-order chi connectivity index (χ0) is 15.4. The predicted molar refractivity (Wildman–Crippen MR) is 71.2 cm³/mol. The van der Waals surface area contributed by atoms with Gasteiger partial charge in [0.2, 0.25) is 0 Å². The first-order chi connectivity index (χ1) is 9.99. The van der Waals surface area contributed by atoms with Crippen molar-refractivity contribution in [2.75, 3.05) is 0 Å². The Bertz CT molecular complexity index is 631. The first-order valence-electron chi connectivity index (χ1n) is 6.33. The van der Waals surface area contributed by atoms with Crippen molar-refractivity contribution in [3.8, 4) is 0 Å². The summed E-state index contributed by atoms with van der Waals surface area (Å²) in [5.74, 6) is 2.20. The second-order valence-electron chi connectivity index (χ2n) is 4.76. The molecular formula is C15H14F4N2. The highest BCUT2D eigenvalue weighted by Gasteiger charge is 2.13. The van der Waals surface area contributed by atoms with Gasteiger partial charge in [0.05, 0.1) is 0 Å². The lowest BCUT2D eigenvalue weighted by atomic mass is 9.99. The van der Waals surface area contributed by atoms with Crippen LogP contribution in [0, 0.1) is 23.3 Å². The number of hydrogen-bond donors (Lipinski definition) is 2. The molecule has 0 aliphatic heterocycles. The van der Waals surface area contributed by atoms with Crippen LogP contribution in [0.15, 0.2) is 36.4 Å². The van der Waals surface area contributed by atoms with E-state index in [0.717, 1.165) is 24.3 Å². The van der Waals surface area contributed by atoms with Crippen LogP contribution in [-0.2, 0) is 12.8 Å². The van der Waals surface area contributed by atoms with Crippen LogP contribution in [0.2, 0.25) is 0 Å². The third kappa shape index (κ3) is 4.03. The van der Waals surface area contributed by atoms with Crippen LogP contribution in [0.5, 0.6) is 0 Å². The molecule has 2 aromatic carbocycles. The maximum Gasteiger partial charge on any atom is 0.159 e. The minimum atomic E-state index is -0.948. The Morgan fingerprint density at radius 3 is 2.24 bits per heavy atom. The topological polar surface area (TPSA) is 38.0 Å². The van der Waals surface area contributed by atoms with E-state index in [1.807, 2.05) is 0 Å². The Balaban J connectivity index is 2.10. The van der Waals surface area contributed by atoms with Crippen LogP contribution in [-0.4, -0.2) is 6.04 Å². The molecule has 2 aromatic rings. The Hall–Kier alpha value is -1.92. The highest BCUT2D eigenvalue weighted by atomic mass is 19.2. The molecule has 6 heteroatoms. The number of nitrogens with two attached hydrogens (primary N) is 1. The Labute approximate surface area is 119 Å². The molecule has 3 N–H and O–H groups in total. The summed E-state index contributed by atoms with van der Waals surface area (Å²) >= 11 is 0. The van der Waals surface area contributed by atoms with Gasteiger partial charge in [0.25, 0.3) is 0 Å². The van der Waals surface area contributed by atoms with E-state index in [0.29, 0.717) is 11.1 Å². The van der Waals surface area contributed by atoms with Gasteiger partial charge < -0.3 is 0 Å². The van der Waals surface area contributed by atoms with Crippen LogP contribution >= 0.6 is 0 Å². The van der Waals surface area contributed by atoms with Crippen molar-refractivity contribution in [1.29, 1.82) is 0 Å². The summed E-state index contributed by atoms with van der Waals surface area (Å²) in [6.45, 7) is 0. The number of nitrogens with one attached hydrogen (secondary N) is 1. The number of rotatable bonds is 5. The van der Waals surface area contributed by atoms with Gasteiger partial charge in [-0.3, -0.25) is 11.3 Å². The summed E-state index contributed by atoms with van der Waals surface area (Å²) in [5, 5.41) is 0. The van der Waals surface area contributed by atoms with Crippen LogP contribution in [0.3, 0.4) is 0 Å². The summed E-state index contributed by atoms with van der Waals surface area (Å²) in [6.07, 6.45) is 0.478. The second kappa shape index (κ2) is 6.69. The fourth-order valence-electron chi connectivity index (χ4n) is 2.09. The number of benzene rings is 2. The molecule has 0 amide bonds. The molecular weight excluding hydrogens is 284 g/mol. The van der Waals surface area contributed by atoms with Crippen LogP contribution in [0.1, 0.15) is 11.1 Å². The maximum absolute atomic E-state index is 13.6. The van der Waals surface area contributed by atoms with Crippen molar-refractivity contribution in [2.24, 2.45) is 5.84 Å². The molecule has 0 aromatic heterocycles. The Kier molecular flexibility index (Phi) is 4.93. The van der Waals surface area contributed by atoms with E-state index in [2.05, 4.69) is 5.43 Å². The minimum absolute atomic E-state index is 0.196. The summed E-state index contributed by atoms with van der Waals surface area (Å²) in [6, 6.07) is 6.42. The van der Waals surface area contributed by atoms with E-state index in [-0.39, 0.29) is 12.8 Å². The van der Waals surface area contributed by atoms with E-state index in [4.69, 9.17) is 5.84 Å². The van der Waals surface area contributed by atoms with Crippen molar-refractivity contribution < 1.29 is 17.6 Å². The molecule has 0 bridgehead atoms. The van der Waals surface area contributed by atoms with Gasteiger partial charge in [0.15, 0.2) is 11.6 Å². The van der Waals surface area contributed by atoms with Crippen LogP contribution < -0.4 is 11.3 Å². The molecule has 0 spiro atoms. The second-order valence-corrected chi connectivity index (χ2v) is 4.76. The van der Waals surface area contributed by atoms with E-state index >= 15 is 0 Å². The molecule has 0 heterocycles. The molecule has 0 saturated heterocycles. The number of hydrogen-bond acceptors (Lipinski definition) is 2. The summed E-state index contributed by atoms with van der Waals surface area (Å²) in [4.78, 5) is 0. The maximum atomic E-state index is 13.6. The van der Waals surface area contributed by atoms with Crippen LogP contribution in [0.4, 0.5) is 17.6 Å². The minimum Gasteiger partial charge on any atom is -0.271 e. The quantitative estimate of drug-likeness (QED) is 0.506. The third-order valence-corrected chi connectivity index (χ3v) is 3.18. The average molecular weight is 298 g/mol. The lowest BCUT2D eigenvalue weighted by molar-refractivity contribution is 0.491. The fraction of sp³-hybridized carbons (Fsp3) is 0.200. The predicted octanol–water partition coefficient (Wildman–Crippen LogP) is 2.86. The third-order valence-electron chi connectivity index (χ3n) is 3.18. The van der Waals surface area contributed by atoms with E-state index < -0.39 is 29.3 Å². The number of halogens is 4. The largest absolute Gasteiger partial charge is 0.271 e. The van der Waals surface area contributed by atoms with Crippen molar-refractivity contribution in [3.63, 3.8) is 0 Å². The lowest BCUT2D eigenvalue weighted by Crippen LogP contribution is -2.38. The standard InChI is InChI=1S/C15H14F4N2/c16-11-3-2-10(14(18)8-11)7-12(21-20)5-9-1-4-13(17)15(19)6-9/h1-4,6,8,12,21H,5,7,20H2. The van der Waals surface area contributed by atoms with Crippen molar-refractivity contribution in [3.05, 3.63) is 70.8 Å². The average Bonchev–Trinajstić information content (AvgIpc) is 2.44. The SMILES string of the molecule is NNC(Cc1ccc(F)c(F)c1)Cc1ccc(F)cc1F. The zero-order valence-corrected chi connectivity index (χ0v) is 11.0. The van der Waals surface area contributed by atoms with Gasteiger partial charge in [-0.05, 0) is 42.2 Å². The van der Waals surface area contributed by atoms with Gasteiger partial charge in [-0.15, -0.1) is 0 Å². The molecule has 2 nitrogen and oxygen atoms in total. The summed E-state index contributed by atoms with van der Waals surface area (Å²) in [5.41, 5.74) is 3.32. The lowest BCUT2D eigenvalue weighted by Gasteiger charge is -2.16. The summed E-state index contributed by atoms with van der Waals surface area (Å²) in [7, 11) is 0. The smallest absolute Gasteiger partial charge is 0.159 e. The van der Waals surface area contributed by atoms with E-state index in [1.54, 1.807) is 0 Å². The first kappa shape index (κ1) is 15.5. The molecule has 112 valence electrons. The highest BCUT2D eigenvalue weighted by Crippen LogP contribution is 2.15. The van der Waals surface area contributed by atoms with Crippen LogP contribution in [0.25, 0.3) is 0 Å². The first-order valence-corrected chi connectivity index (χ1v) is 6.33. The summed E-state index contributed by atoms with van der Waals surface area (Å²) < 4.78 is 52.4. The fourth-order valence-corrected chi connectivity index (χ4v) is 2.09. The van der Waals surface area contributed by atoms with Gasteiger partial charge >= 0.3 is 0 Å².